The van der Waals surface area contributed by atoms with Crippen LogP contribution >= 0.6 is 0 Å². The number of nitrogens with two attached hydrogens (primary N) is 1. The monoisotopic (exact) mass is 214 g/mol. The van der Waals surface area contributed by atoms with Crippen LogP contribution in [0.25, 0.3) is 0 Å². The standard InChI is InChI=1S/C10H12F2N2O/c1-14(6-9(11)12)10(15)7-2-4-8(13)5-3-7/h2-5,9H,6,13H2,1H3. The lowest BCUT2D eigenvalue weighted by Gasteiger charge is -2.16. The molecule has 0 radical (unpaired) electrons. The summed E-state index contributed by atoms with van der Waals surface area (Å²) >= 11 is 0. The van der Waals surface area contributed by atoms with E-state index >= 15 is 0 Å². The molecule has 1 rings (SSSR count). The third kappa shape index (κ3) is 3.19. The number of nitrogen functional groups attached to an aromatic ring is 1. The van der Waals surface area contributed by atoms with Crippen LogP contribution in [0.4, 0.5) is 14.5 Å². The van der Waals surface area contributed by atoms with E-state index in [1.54, 1.807) is 12.1 Å². The van der Waals surface area contributed by atoms with Crippen molar-refractivity contribution >= 4 is 11.6 Å². The molecule has 2 N–H and O–H groups in total. The highest BCUT2D eigenvalue weighted by Crippen LogP contribution is 2.08. The number of halogens is 2. The lowest BCUT2D eigenvalue weighted by molar-refractivity contribution is 0.0620. The summed E-state index contributed by atoms with van der Waals surface area (Å²) in [5.74, 6) is -0.435. The van der Waals surface area contributed by atoms with E-state index in [-0.39, 0.29) is 0 Å². The molecule has 5 heteroatoms. The third-order valence-corrected chi connectivity index (χ3v) is 1.92. The van der Waals surface area contributed by atoms with E-state index in [9.17, 15) is 13.6 Å². The molecule has 3 nitrogen and oxygen atoms in total. The number of alkyl halides is 2. The molecule has 0 aliphatic carbocycles. The minimum atomic E-state index is -2.52. The Morgan fingerprint density at radius 1 is 1.40 bits per heavy atom. The third-order valence-electron chi connectivity index (χ3n) is 1.92. The minimum absolute atomic E-state index is 0.354. The summed E-state index contributed by atoms with van der Waals surface area (Å²) in [7, 11) is 1.34. The molecule has 15 heavy (non-hydrogen) atoms. The summed E-state index contributed by atoms with van der Waals surface area (Å²) in [6, 6.07) is 6.15. The van der Waals surface area contributed by atoms with Crippen molar-refractivity contribution in [3.05, 3.63) is 29.8 Å². The number of hydrogen-bond donors (Lipinski definition) is 1. The van der Waals surface area contributed by atoms with Gasteiger partial charge in [0, 0.05) is 18.3 Å². The maximum Gasteiger partial charge on any atom is 0.255 e. The molecule has 0 fully saturated rings. The van der Waals surface area contributed by atoms with Gasteiger partial charge in [-0.15, -0.1) is 0 Å². The van der Waals surface area contributed by atoms with Crippen molar-refractivity contribution in [1.82, 2.24) is 4.90 Å². The van der Waals surface area contributed by atoms with Gasteiger partial charge in [0.1, 0.15) is 0 Å². The molecule has 1 amide bonds. The van der Waals surface area contributed by atoms with Crippen LogP contribution in [0.15, 0.2) is 24.3 Å². The summed E-state index contributed by atoms with van der Waals surface area (Å²) in [5, 5.41) is 0. The highest BCUT2D eigenvalue weighted by atomic mass is 19.3. The van der Waals surface area contributed by atoms with Gasteiger partial charge in [0.15, 0.2) is 0 Å². The number of rotatable bonds is 3. The fraction of sp³-hybridized carbons (Fsp3) is 0.300. The van der Waals surface area contributed by atoms with Crippen molar-refractivity contribution in [3.63, 3.8) is 0 Å². The van der Waals surface area contributed by atoms with Gasteiger partial charge in [0.05, 0.1) is 6.54 Å². The van der Waals surface area contributed by atoms with Crippen LogP contribution in [0, 0.1) is 0 Å². The number of hydrogen-bond acceptors (Lipinski definition) is 2. The van der Waals surface area contributed by atoms with Crippen LogP contribution < -0.4 is 5.73 Å². The quantitative estimate of drug-likeness (QED) is 0.777. The van der Waals surface area contributed by atoms with Crippen LogP contribution in [0.5, 0.6) is 0 Å². The zero-order valence-electron chi connectivity index (χ0n) is 8.28. The molecular formula is C10H12F2N2O. The Kier molecular flexibility index (Phi) is 3.60. The van der Waals surface area contributed by atoms with Gasteiger partial charge in [-0.3, -0.25) is 4.79 Å². The molecule has 0 spiro atoms. The molecule has 0 aliphatic rings. The summed E-state index contributed by atoms with van der Waals surface area (Å²) in [5.41, 5.74) is 6.32. The van der Waals surface area contributed by atoms with Crippen LogP contribution in [0.1, 0.15) is 10.4 Å². The number of carbonyl (C=O) groups is 1. The highest BCUT2D eigenvalue weighted by Gasteiger charge is 2.15. The topological polar surface area (TPSA) is 46.3 Å². The molecule has 0 aromatic heterocycles. The van der Waals surface area contributed by atoms with E-state index in [1.807, 2.05) is 0 Å². The highest BCUT2D eigenvalue weighted by molar-refractivity contribution is 5.94. The minimum Gasteiger partial charge on any atom is -0.399 e. The SMILES string of the molecule is CN(CC(F)F)C(=O)c1ccc(N)cc1. The molecule has 1 aromatic rings. The van der Waals surface area contributed by atoms with E-state index < -0.39 is 18.9 Å². The Morgan fingerprint density at radius 2 is 1.93 bits per heavy atom. The Labute approximate surface area is 86.5 Å². The molecule has 0 saturated carbocycles. The number of nitrogens with zero attached hydrogens (tertiary/aromatic N) is 1. The maximum atomic E-state index is 12.0. The fourth-order valence-corrected chi connectivity index (χ4v) is 1.14. The number of carbonyl (C=O) groups excluding carboxylic acids is 1. The fourth-order valence-electron chi connectivity index (χ4n) is 1.14. The van der Waals surface area contributed by atoms with Gasteiger partial charge in [0.2, 0.25) is 0 Å². The van der Waals surface area contributed by atoms with Gasteiger partial charge < -0.3 is 10.6 Å². The first-order valence-corrected chi connectivity index (χ1v) is 4.40. The van der Waals surface area contributed by atoms with Crippen molar-refractivity contribution in [3.8, 4) is 0 Å². The smallest absolute Gasteiger partial charge is 0.255 e. The first-order chi connectivity index (χ1) is 7.00. The Hall–Kier alpha value is -1.65. The van der Waals surface area contributed by atoms with Crippen molar-refractivity contribution < 1.29 is 13.6 Å². The molecule has 0 heterocycles. The van der Waals surface area contributed by atoms with Gasteiger partial charge in [-0.05, 0) is 24.3 Å². The predicted molar refractivity (Wildman–Crippen MR) is 53.8 cm³/mol. The Bertz CT molecular complexity index is 338. The second kappa shape index (κ2) is 4.72. The van der Waals surface area contributed by atoms with E-state index in [1.165, 1.54) is 19.2 Å². The lowest BCUT2D eigenvalue weighted by atomic mass is 10.2. The van der Waals surface area contributed by atoms with Crippen molar-refractivity contribution in [1.29, 1.82) is 0 Å². The van der Waals surface area contributed by atoms with E-state index in [0.717, 1.165) is 4.90 Å². The molecule has 0 unspecified atom stereocenters. The summed E-state index contributed by atoms with van der Waals surface area (Å²) < 4.78 is 24.0. The second-order valence-corrected chi connectivity index (χ2v) is 3.20. The first kappa shape index (κ1) is 11.4. The number of anilines is 1. The second-order valence-electron chi connectivity index (χ2n) is 3.20. The van der Waals surface area contributed by atoms with Gasteiger partial charge in [0.25, 0.3) is 12.3 Å². The molecule has 0 aliphatic heterocycles. The van der Waals surface area contributed by atoms with E-state index in [2.05, 4.69) is 0 Å². The summed E-state index contributed by atoms with van der Waals surface area (Å²) in [4.78, 5) is 12.5. The molecule has 82 valence electrons. The van der Waals surface area contributed by atoms with Gasteiger partial charge in [-0.2, -0.15) is 0 Å². The van der Waals surface area contributed by atoms with Gasteiger partial charge in [-0.1, -0.05) is 0 Å². The summed E-state index contributed by atoms with van der Waals surface area (Å²) in [6.45, 7) is -0.566. The maximum absolute atomic E-state index is 12.0. The van der Waals surface area contributed by atoms with E-state index in [0.29, 0.717) is 11.3 Å². The molecule has 0 saturated heterocycles. The molecule has 0 bridgehead atoms. The number of benzene rings is 1. The predicted octanol–water partition coefficient (Wildman–Crippen LogP) is 1.61. The van der Waals surface area contributed by atoms with Crippen molar-refractivity contribution in [2.45, 2.75) is 6.43 Å². The first-order valence-electron chi connectivity index (χ1n) is 4.40. The van der Waals surface area contributed by atoms with E-state index in [4.69, 9.17) is 5.73 Å². The van der Waals surface area contributed by atoms with Gasteiger partial charge in [-0.25, -0.2) is 8.78 Å². The van der Waals surface area contributed by atoms with Gasteiger partial charge >= 0.3 is 0 Å². The van der Waals surface area contributed by atoms with Crippen LogP contribution in [-0.2, 0) is 0 Å². The van der Waals surface area contributed by atoms with Crippen molar-refractivity contribution in [2.24, 2.45) is 0 Å². The van der Waals surface area contributed by atoms with Crippen LogP contribution in [0.2, 0.25) is 0 Å². The molecule has 0 atom stereocenters. The normalized spacial score (nSPS) is 10.4. The largest absolute Gasteiger partial charge is 0.399 e. The zero-order chi connectivity index (χ0) is 11.4. The lowest BCUT2D eigenvalue weighted by Crippen LogP contribution is -2.31. The Morgan fingerprint density at radius 3 is 2.40 bits per heavy atom. The van der Waals surface area contributed by atoms with Crippen molar-refractivity contribution in [2.75, 3.05) is 19.3 Å². The molecule has 1 aromatic carbocycles. The number of amides is 1. The zero-order valence-corrected chi connectivity index (χ0v) is 8.28. The average Bonchev–Trinajstić information content (AvgIpc) is 2.17. The van der Waals surface area contributed by atoms with Crippen LogP contribution in [0.3, 0.4) is 0 Å². The average molecular weight is 214 g/mol. The summed E-state index contributed by atoms with van der Waals surface area (Å²) in [6.07, 6.45) is -2.52. The molecular weight excluding hydrogens is 202 g/mol. The van der Waals surface area contributed by atoms with Crippen LogP contribution in [-0.4, -0.2) is 30.8 Å². The Balaban J connectivity index is 2.72.